The molecule has 4 aromatic carbocycles. The van der Waals surface area contributed by atoms with E-state index < -0.39 is 5.91 Å². The summed E-state index contributed by atoms with van der Waals surface area (Å²) in [5.74, 6) is -0.705. The molecule has 4 rings (SSSR count). The predicted molar refractivity (Wildman–Crippen MR) is 131 cm³/mol. The lowest BCUT2D eigenvalue weighted by Gasteiger charge is -2.11. The highest BCUT2D eigenvalue weighted by Crippen LogP contribution is 2.40. The summed E-state index contributed by atoms with van der Waals surface area (Å²) in [5, 5.41) is 33.9. The zero-order valence-electron chi connectivity index (χ0n) is 18.3. The maximum atomic E-state index is 12.9. The van der Waals surface area contributed by atoms with E-state index in [1.807, 2.05) is 42.5 Å². The number of anilines is 1. The van der Waals surface area contributed by atoms with Gasteiger partial charge in [-0.15, -0.1) is 10.2 Å². The Labute approximate surface area is 192 Å². The van der Waals surface area contributed by atoms with E-state index in [-0.39, 0.29) is 28.4 Å². The number of azo groups is 1. The number of rotatable bonds is 7. The highest BCUT2D eigenvalue weighted by atomic mass is 16.3. The lowest BCUT2D eigenvalue weighted by molar-refractivity contribution is 0.102. The molecule has 166 valence electrons. The van der Waals surface area contributed by atoms with Crippen molar-refractivity contribution in [1.29, 1.82) is 0 Å². The molecule has 0 fully saturated rings. The van der Waals surface area contributed by atoms with Crippen molar-refractivity contribution in [3.05, 3.63) is 90.0 Å². The van der Waals surface area contributed by atoms with Crippen molar-refractivity contribution in [3.63, 3.8) is 0 Å². The molecule has 33 heavy (non-hydrogen) atoms. The van der Waals surface area contributed by atoms with Crippen molar-refractivity contribution in [2.45, 2.75) is 26.2 Å². The van der Waals surface area contributed by atoms with Crippen LogP contribution in [0.2, 0.25) is 0 Å². The minimum Gasteiger partial charge on any atom is -0.506 e. The second kappa shape index (κ2) is 9.96. The van der Waals surface area contributed by atoms with Crippen LogP contribution in [-0.4, -0.2) is 16.1 Å². The van der Waals surface area contributed by atoms with Crippen molar-refractivity contribution in [2.24, 2.45) is 10.2 Å². The van der Waals surface area contributed by atoms with Crippen molar-refractivity contribution >= 4 is 33.7 Å². The fraction of sp³-hybridized carbons (Fsp3) is 0.148. The molecule has 0 aliphatic heterocycles. The van der Waals surface area contributed by atoms with Gasteiger partial charge in [0.05, 0.1) is 5.56 Å². The zero-order chi connectivity index (χ0) is 23.2. The maximum Gasteiger partial charge on any atom is 0.259 e. The second-order valence-electron chi connectivity index (χ2n) is 7.79. The van der Waals surface area contributed by atoms with Gasteiger partial charge in [0.2, 0.25) is 0 Å². The molecular weight excluding hydrogens is 414 g/mol. The van der Waals surface area contributed by atoms with Gasteiger partial charge in [0, 0.05) is 11.1 Å². The summed E-state index contributed by atoms with van der Waals surface area (Å²) in [7, 11) is 0. The number of benzene rings is 4. The number of aryl methyl sites for hydroxylation is 1. The average Bonchev–Trinajstić information content (AvgIpc) is 2.83. The monoisotopic (exact) mass is 439 g/mol. The summed E-state index contributed by atoms with van der Waals surface area (Å²) in [4.78, 5) is 12.9. The van der Waals surface area contributed by atoms with Crippen molar-refractivity contribution < 1.29 is 15.0 Å². The first kappa shape index (κ1) is 22.0. The molecule has 0 aliphatic carbocycles. The number of carbonyl (C=O) groups excluding carboxylic acids is 1. The molecule has 4 aromatic rings. The van der Waals surface area contributed by atoms with E-state index in [4.69, 9.17) is 0 Å². The van der Waals surface area contributed by atoms with E-state index in [0.717, 1.165) is 30.2 Å². The molecule has 0 atom stereocenters. The summed E-state index contributed by atoms with van der Waals surface area (Å²) in [6.45, 7) is 2.12. The number of nitrogens with one attached hydrogen (secondary N) is 1. The van der Waals surface area contributed by atoms with E-state index in [9.17, 15) is 15.0 Å². The van der Waals surface area contributed by atoms with Crippen LogP contribution in [0.4, 0.5) is 17.1 Å². The minimum atomic E-state index is -0.455. The number of aromatic hydroxyl groups is 2. The van der Waals surface area contributed by atoms with Gasteiger partial charge in [-0.2, -0.15) is 0 Å². The molecule has 0 unspecified atom stereocenters. The number of amides is 1. The number of fused-ring (bicyclic) bond motifs is 1. The molecule has 0 saturated heterocycles. The molecule has 6 nitrogen and oxygen atoms in total. The van der Waals surface area contributed by atoms with E-state index in [2.05, 4.69) is 22.5 Å². The fourth-order valence-corrected chi connectivity index (χ4v) is 3.61. The fourth-order valence-electron chi connectivity index (χ4n) is 3.61. The molecule has 0 radical (unpaired) electrons. The first-order chi connectivity index (χ1) is 16.1. The van der Waals surface area contributed by atoms with Gasteiger partial charge in [-0.25, -0.2) is 0 Å². The van der Waals surface area contributed by atoms with Gasteiger partial charge in [0.1, 0.15) is 17.1 Å². The van der Waals surface area contributed by atoms with E-state index >= 15 is 0 Å². The lowest BCUT2D eigenvalue weighted by Crippen LogP contribution is -2.12. The number of nitrogens with zero attached hydrogens (tertiary/aromatic N) is 2. The second-order valence-corrected chi connectivity index (χ2v) is 7.79. The van der Waals surface area contributed by atoms with Crippen LogP contribution in [0.15, 0.2) is 89.1 Å². The quantitative estimate of drug-likeness (QED) is 0.264. The first-order valence-corrected chi connectivity index (χ1v) is 10.9. The summed E-state index contributed by atoms with van der Waals surface area (Å²) < 4.78 is 0. The van der Waals surface area contributed by atoms with E-state index in [1.165, 1.54) is 0 Å². The third-order valence-electron chi connectivity index (χ3n) is 5.39. The van der Waals surface area contributed by atoms with Crippen LogP contribution in [0, 0.1) is 0 Å². The summed E-state index contributed by atoms with van der Waals surface area (Å²) in [6.07, 6.45) is 2.99. The van der Waals surface area contributed by atoms with Crippen molar-refractivity contribution in [3.8, 4) is 11.5 Å². The van der Waals surface area contributed by atoms with E-state index in [1.54, 1.807) is 36.4 Å². The van der Waals surface area contributed by atoms with Gasteiger partial charge < -0.3 is 15.5 Å². The molecule has 6 heteroatoms. The molecule has 0 aromatic heterocycles. The number of phenolic OH excluding ortho intramolecular Hbond substituents is 2. The van der Waals surface area contributed by atoms with Crippen LogP contribution in [0.1, 0.15) is 35.7 Å². The molecular formula is C27H25N3O3. The normalized spacial score (nSPS) is 11.2. The summed E-state index contributed by atoms with van der Waals surface area (Å²) >= 11 is 0. The summed E-state index contributed by atoms with van der Waals surface area (Å²) in [6, 6.07) is 23.3. The minimum absolute atomic E-state index is 0.0223. The number of carbonyl (C=O) groups is 1. The number of para-hydroxylation sites is 1. The van der Waals surface area contributed by atoms with Gasteiger partial charge in [0.15, 0.2) is 5.75 Å². The highest BCUT2D eigenvalue weighted by molar-refractivity contribution is 6.11. The van der Waals surface area contributed by atoms with Gasteiger partial charge in [-0.05, 0) is 54.1 Å². The SMILES string of the molecule is CCCCc1ccc(N=Nc2c(O)c(C(=O)Nc3ccccc3)cc3ccccc23)c(O)c1. The molecule has 0 bridgehead atoms. The molecule has 0 spiro atoms. The number of phenols is 2. The van der Waals surface area contributed by atoms with Gasteiger partial charge >= 0.3 is 0 Å². The number of unbranched alkanes of at least 4 members (excludes halogenated alkanes) is 1. The lowest BCUT2D eigenvalue weighted by atomic mass is 10.0. The Kier molecular flexibility index (Phi) is 6.64. The molecule has 0 saturated carbocycles. The average molecular weight is 440 g/mol. The Morgan fingerprint density at radius 2 is 1.67 bits per heavy atom. The van der Waals surface area contributed by atoms with E-state index in [0.29, 0.717) is 11.1 Å². The topological polar surface area (TPSA) is 94.3 Å². The number of hydrogen-bond donors (Lipinski definition) is 3. The molecule has 1 amide bonds. The Balaban J connectivity index is 1.71. The van der Waals surface area contributed by atoms with Crippen LogP contribution in [0.3, 0.4) is 0 Å². The third-order valence-corrected chi connectivity index (χ3v) is 5.39. The molecule has 0 heterocycles. The standard InChI is InChI=1S/C27H25N3O3/c1-2-3-9-18-14-15-23(24(31)16-18)29-30-25-21-13-8-7-10-19(21)17-22(26(25)32)27(33)28-20-11-5-4-6-12-20/h4-8,10-17,31-32H,2-3,9H2,1H3,(H,28,33). The first-order valence-electron chi connectivity index (χ1n) is 10.9. The third kappa shape index (κ3) is 5.01. The van der Waals surface area contributed by atoms with Gasteiger partial charge in [0.25, 0.3) is 5.91 Å². The molecule has 3 N–H and O–H groups in total. The van der Waals surface area contributed by atoms with Crippen LogP contribution < -0.4 is 5.32 Å². The van der Waals surface area contributed by atoms with Crippen LogP contribution in [0.25, 0.3) is 10.8 Å². The van der Waals surface area contributed by atoms with Crippen LogP contribution >= 0.6 is 0 Å². The van der Waals surface area contributed by atoms with Crippen molar-refractivity contribution in [2.75, 3.05) is 5.32 Å². The Bertz CT molecular complexity index is 1320. The maximum absolute atomic E-state index is 12.9. The zero-order valence-corrected chi connectivity index (χ0v) is 18.3. The summed E-state index contributed by atoms with van der Waals surface area (Å²) in [5.41, 5.74) is 2.19. The molecule has 0 aliphatic rings. The Hall–Kier alpha value is -4.19. The largest absolute Gasteiger partial charge is 0.506 e. The highest BCUT2D eigenvalue weighted by Gasteiger charge is 2.18. The van der Waals surface area contributed by atoms with Gasteiger partial charge in [-0.1, -0.05) is 61.9 Å². The Morgan fingerprint density at radius 1 is 0.909 bits per heavy atom. The van der Waals surface area contributed by atoms with Crippen LogP contribution in [0.5, 0.6) is 11.5 Å². The smallest absolute Gasteiger partial charge is 0.259 e. The predicted octanol–water partition coefficient (Wildman–Crippen LogP) is 7.26. The van der Waals surface area contributed by atoms with Crippen molar-refractivity contribution in [1.82, 2.24) is 0 Å². The number of hydrogen-bond acceptors (Lipinski definition) is 5. The van der Waals surface area contributed by atoms with Gasteiger partial charge in [-0.3, -0.25) is 4.79 Å². The Morgan fingerprint density at radius 3 is 2.42 bits per heavy atom. The van der Waals surface area contributed by atoms with Crippen LogP contribution in [-0.2, 0) is 6.42 Å².